The highest BCUT2D eigenvalue weighted by atomic mass is 16.5. The maximum Gasteiger partial charge on any atom is 0.265 e. The third kappa shape index (κ3) is 2.45. The van der Waals surface area contributed by atoms with Crippen LogP contribution in [0.2, 0.25) is 0 Å². The van der Waals surface area contributed by atoms with Crippen LogP contribution in [-0.2, 0) is 9.53 Å². The van der Waals surface area contributed by atoms with Gasteiger partial charge in [0.2, 0.25) is 11.8 Å². The third-order valence-corrected chi connectivity index (χ3v) is 4.60. The topological polar surface area (TPSA) is 77.7 Å². The van der Waals surface area contributed by atoms with E-state index < -0.39 is 6.10 Å². The molecule has 1 amide bonds. The molecular weight excluding hydrogens is 310 g/mol. The van der Waals surface area contributed by atoms with E-state index in [1.54, 1.807) is 11.8 Å². The highest BCUT2D eigenvalue weighted by Crippen LogP contribution is 2.39. The summed E-state index contributed by atoms with van der Waals surface area (Å²) in [6.45, 7) is 5.06. The van der Waals surface area contributed by atoms with Crippen LogP contribution in [0, 0.1) is 6.92 Å². The molecule has 7 heteroatoms. The first-order valence-corrected chi connectivity index (χ1v) is 8.09. The van der Waals surface area contributed by atoms with E-state index in [0.29, 0.717) is 31.5 Å². The highest BCUT2D eigenvalue weighted by Gasteiger charge is 2.42. The van der Waals surface area contributed by atoms with Gasteiger partial charge in [-0.3, -0.25) is 4.79 Å². The molecule has 0 saturated carbocycles. The Labute approximate surface area is 139 Å². The molecule has 0 N–H and O–H groups in total. The molecule has 0 aliphatic carbocycles. The molecule has 0 bridgehead atoms. The lowest BCUT2D eigenvalue weighted by molar-refractivity contribution is -0.148. The van der Waals surface area contributed by atoms with Crippen molar-refractivity contribution < 1.29 is 18.7 Å². The summed E-state index contributed by atoms with van der Waals surface area (Å²) in [7, 11) is 0. The molecule has 2 aromatic rings. The molecule has 1 saturated heterocycles. The molecule has 24 heavy (non-hydrogen) atoms. The van der Waals surface area contributed by atoms with E-state index in [2.05, 4.69) is 10.2 Å². The van der Waals surface area contributed by atoms with Gasteiger partial charge in [0.25, 0.3) is 5.91 Å². The Morgan fingerprint density at radius 2 is 2.12 bits per heavy atom. The van der Waals surface area contributed by atoms with E-state index in [0.717, 1.165) is 11.3 Å². The van der Waals surface area contributed by atoms with Crippen molar-refractivity contribution in [1.82, 2.24) is 15.1 Å². The quantitative estimate of drug-likeness (QED) is 0.837. The van der Waals surface area contributed by atoms with Crippen LogP contribution in [0.4, 0.5) is 0 Å². The molecule has 7 nitrogen and oxygen atoms in total. The van der Waals surface area contributed by atoms with E-state index in [-0.39, 0.29) is 17.9 Å². The number of rotatable bonds is 2. The molecular formula is C17H19N3O4. The van der Waals surface area contributed by atoms with Crippen LogP contribution < -0.4 is 4.74 Å². The monoisotopic (exact) mass is 329 g/mol. The van der Waals surface area contributed by atoms with Crippen molar-refractivity contribution in [3.63, 3.8) is 0 Å². The number of benzene rings is 1. The van der Waals surface area contributed by atoms with Gasteiger partial charge in [-0.15, -0.1) is 10.2 Å². The molecule has 0 spiro atoms. The Morgan fingerprint density at radius 3 is 2.88 bits per heavy atom. The summed E-state index contributed by atoms with van der Waals surface area (Å²) in [6, 6.07) is 7.41. The predicted molar refractivity (Wildman–Crippen MR) is 83.6 cm³/mol. The summed E-state index contributed by atoms with van der Waals surface area (Å²) >= 11 is 0. The van der Waals surface area contributed by atoms with Crippen molar-refractivity contribution in [2.75, 3.05) is 19.8 Å². The van der Waals surface area contributed by atoms with Crippen LogP contribution in [-0.4, -0.2) is 46.9 Å². The second kappa shape index (κ2) is 5.90. The van der Waals surface area contributed by atoms with E-state index in [9.17, 15) is 4.79 Å². The Hall–Kier alpha value is -2.41. The van der Waals surface area contributed by atoms with Gasteiger partial charge < -0.3 is 18.8 Å². The zero-order valence-corrected chi connectivity index (χ0v) is 13.6. The van der Waals surface area contributed by atoms with E-state index >= 15 is 0 Å². The van der Waals surface area contributed by atoms with Gasteiger partial charge >= 0.3 is 0 Å². The maximum absolute atomic E-state index is 13.1. The van der Waals surface area contributed by atoms with Crippen LogP contribution in [0.1, 0.15) is 36.2 Å². The molecule has 3 atom stereocenters. The number of morpholine rings is 1. The van der Waals surface area contributed by atoms with Gasteiger partial charge in [0.05, 0.1) is 13.2 Å². The average molecular weight is 329 g/mol. The number of hydrogen-bond donors (Lipinski definition) is 0. The smallest absolute Gasteiger partial charge is 0.265 e. The zero-order chi connectivity index (χ0) is 16.7. The summed E-state index contributed by atoms with van der Waals surface area (Å²) in [6.07, 6.45) is -0.535. The van der Waals surface area contributed by atoms with Gasteiger partial charge in [0, 0.05) is 24.9 Å². The second-order valence-corrected chi connectivity index (χ2v) is 6.15. The molecule has 0 radical (unpaired) electrons. The molecule has 1 aromatic carbocycles. The first kappa shape index (κ1) is 15.1. The lowest BCUT2D eigenvalue weighted by atomic mass is 9.96. The number of para-hydroxylation sites is 1. The minimum atomic E-state index is -0.535. The fourth-order valence-electron chi connectivity index (χ4n) is 3.31. The molecule has 2 aliphatic rings. The SMILES string of the molecule is Cc1nnc([C@@H]2COCCN2C(=O)[C@@H]2Oc3ccccc3[C@@H]2C)o1. The fraction of sp³-hybridized carbons (Fsp3) is 0.471. The lowest BCUT2D eigenvalue weighted by Gasteiger charge is -2.35. The van der Waals surface area contributed by atoms with Crippen LogP contribution in [0.15, 0.2) is 28.7 Å². The van der Waals surface area contributed by atoms with Gasteiger partial charge in [-0.25, -0.2) is 0 Å². The predicted octanol–water partition coefficient (Wildman–Crippen LogP) is 1.84. The Kier molecular flexibility index (Phi) is 3.72. The second-order valence-electron chi connectivity index (χ2n) is 6.15. The van der Waals surface area contributed by atoms with Gasteiger partial charge in [0.1, 0.15) is 11.8 Å². The Morgan fingerprint density at radius 1 is 1.29 bits per heavy atom. The molecule has 2 aliphatic heterocycles. The number of carbonyl (C=O) groups is 1. The molecule has 126 valence electrons. The molecule has 1 fully saturated rings. The maximum atomic E-state index is 13.1. The minimum Gasteiger partial charge on any atom is -0.480 e. The van der Waals surface area contributed by atoms with Crippen molar-refractivity contribution in [2.24, 2.45) is 0 Å². The number of fused-ring (bicyclic) bond motifs is 1. The van der Waals surface area contributed by atoms with Gasteiger partial charge in [-0.2, -0.15) is 0 Å². The van der Waals surface area contributed by atoms with Crippen molar-refractivity contribution in [3.8, 4) is 5.75 Å². The highest BCUT2D eigenvalue weighted by molar-refractivity contribution is 5.84. The van der Waals surface area contributed by atoms with E-state index in [1.165, 1.54) is 0 Å². The van der Waals surface area contributed by atoms with Crippen LogP contribution in [0.5, 0.6) is 5.75 Å². The molecule has 3 heterocycles. The van der Waals surface area contributed by atoms with Crippen molar-refractivity contribution >= 4 is 5.91 Å². The Balaban J connectivity index is 1.59. The fourth-order valence-corrected chi connectivity index (χ4v) is 3.31. The number of nitrogens with zero attached hydrogens (tertiary/aromatic N) is 3. The first-order chi connectivity index (χ1) is 11.6. The van der Waals surface area contributed by atoms with E-state index in [1.807, 2.05) is 31.2 Å². The minimum absolute atomic E-state index is 0.00150. The number of amides is 1. The van der Waals surface area contributed by atoms with Crippen LogP contribution in [0.25, 0.3) is 0 Å². The largest absolute Gasteiger partial charge is 0.480 e. The van der Waals surface area contributed by atoms with Crippen LogP contribution in [0.3, 0.4) is 0 Å². The average Bonchev–Trinajstić information content (AvgIpc) is 3.18. The van der Waals surface area contributed by atoms with E-state index in [4.69, 9.17) is 13.9 Å². The molecule has 1 aromatic heterocycles. The summed E-state index contributed by atoms with van der Waals surface area (Å²) < 4.78 is 17.0. The number of carbonyl (C=O) groups excluding carboxylic acids is 1. The third-order valence-electron chi connectivity index (χ3n) is 4.60. The summed E-state index contributed by atoms with van der Waals surface area (Å²) in [5.74, 6) is 1.59. The Bertz CT molecular complexity index is 760. The number of ether oxygens (including phenoxy) is 2. The van der Waals surface area contributed by atoms with Crippen LogP contribution >= 0.6 is 0 Å². The van der Waals surface area contributed by atoms with Gasteiger partial charge in [-0.05, 0) is 6.07 Å². The number of hydrogen-bond acceptors (Lipinski definition) is 6. The normalized spacial score (nSPS) is 26.1. The standard InChI is InChI=1S/C17H19N3O4/c1-10-12-5-3-4-6-14(12)24-15(10)17(21)20-7-8-22-9-13(20)16-19-18-11(2)23-16/h3-6,10,13,15H,7-9H2,1-2H3/t10-,13-,15+/m0/s1. The molecule has 0 unspecified atom stereocenters. The first-order valence-electron chi connectivity index (χ1n) is 8.09. The molecule has 4 rings (SSSR count). The van der Waals surface area contributed by atoms with Gasteiger partial charge in [-0.1, -0.05) is 25.1 Å². The number of aryl methyl sites for hydroxylation is 1. The van der Waals surface area contributed by atoms with Crippen molar-refractivity contribution in [3.05, 3.63) is 41.6 Å². The summed E-state index contributed by atoms with van der Waals surface area (Å²) in [5.41, 5.74) is 1.06. The summed E-state index contributed by atoms with van der Waals surface area (Å²) in [4.78, 5) is 14.9. The zero-order valence-electron chi connectivity index (χ0n) is 13.6. The lowest BCUT2D eigenvalue weighted by Crippen LogP contribution is -2.49. The summed E-state index contributed by atoms with van der Waals surface area (Å²) in [5, 5.41) is 7.91. The van der Waals surface area contributed by atoms with Crippen molar-refractivity contribution in [1.29, 1.82) is 0 Å². The van der Waals surface area contributed by atoms with Gasteiger partial charge in [0.15, 0.2) is 6.10 Å². The van der Waals surface area contributed by atoms with Crippen molar-refractivity contribution in [2.45, 2.75) is 31.9 Å². The number of aromatic nitrogens is 2.